The molecule has 2 atom stereocenters. The first-order valence-corrected chi connectivity index (χ1v) is 8.96. The van der Waals surface area contributed by atoms with Crippen LogP contribution in [0.5, 0.6) is 0 Å². The minimum Gasteiger partial charge on any atom is -0.358 e. The average Bonchev–Trinajstić information content (AvgIpc) is 2.99. The van der Waals surface area contributed by atoms with Crippen LogP contribution in [0.3, 0.4) is 0 Å². The van der Waals surface area contributed by atoms with Gasteiger partial charge in [-0.25, -0.2) is 0 Å². The van der Waals surface area contributed by atoms with Crippen LogP contribution in [0, 0.1) is 5.92 Å². The zero-order valence-corrected chi connectivity index (χ0v) is 14.7. The van der Waals surface area contributed by atoms with Gasteiger partial charge in [0.2, 0.25) is 0 Å². The number of H-pyrrole nitrogens is 1. The van der Waals surface area contributed by atoms with Gasteiger partial charge in [-0.2, -0.15) is 0 Å². The zero-order chi connectivity index (χ0) is 17.4. The van der Waals surface area contributed by atoms with Crippen molar-refractivity contribution in [3.63, 3.8) is 0 Å². The molecule has 2 heterocycles. The lowest BCUT2D eigenvalue weighted by Crippen LogP contribution is -2.26. The summed E-state index contributed by atoms with van der Waals surface area (Å²) in [6.07, 6.45) is 6.92. The summed E-state index contributed by atoms with van der Waals surface area (Å²) in [7, 11) is 0. The average molecular weight is 333 g/mol. The SMILES string of the molecule is C[C@H]1CCc2[nH]c3ccc(C(=O)N[C@@H](C)c4ccncc4)cc3c2C1. The molecule has 4 rings (SSSR count). The molecule has 3 aromatic rings. The zero-order valence-electron chi connectivity index (χ0n) is 14.7. The summed E-state index contributed by atoms with van der Waals surface area (Å²) in [5.41, 5.74) is 5.64. The lowest BCUT2D eigenvalue weighted by Gasteiger charge is -2.18. The summed E-state index contributed by atoms with van der Waals surface area (Å²) in [5.74, 6) is 0.667. The molecule has 0 spiro atoms. The van der Waals surface area contributed by atoms with Crippen molar-refractivity contribution < 1.29 is 4.79 Å². The number of amides is 1. The number of aromatic nitrogens is 2. The molecule has 1 aromatic carbocycles. The summed E-state index contributed by atoms with van der Waals surface area (Å²) < 4.78 is 0. The summed E-state index contributed by atoms with van der Waals surface area (Å²) in [5, 5.41) is 4.28. The number of carbonyl (C=O) groups is 1. The molecule has 0 unspecified atom stereocenters. The Kier molecular flexibility index (Phi) is 4.04. The van der Waals surface area contributed by atoms with Gasteiger partial charge in [0.1, 0.15) is 0 Å². The molecule has 25 heavy (non-hydrogen) atoms. The van der Waals surface area contributed by atoms with Crippen LogP contribution in [0.15, 0.2) is 42.7 Å². The van der Waals surface area contributed by atoms with E-state index in [1.165, 1.54) is 23.1 Å². The van der Waals surface area contributed by atoms with Crippen LogP contribution in [-0.2, 0) is 12.8 Å². The van der Waals surface area contributed by atoms with Crippen LogP contribution in [0.4, 0.5) is 0 Å². The molecule has 1 aliphatic carbocycles. The maximum absolute atomic E-state index is 12.7. The lowest BCUT2D eigenvalue weighted by molar-refractivity contribution is 0.0940. The molecule has 4 nitrogen and oxygen atoms in total. The van der Waals surface area contributed by atoms with E-state index in [1.807, 2.05) is 37.3 Å². The second-order valence-corrected chi connectivity index (χ2v) is 7.17. The van der Waals surface area contributed by atoms with Gasteiger partial charge >= 0.3 is 0 Å². The number of fused-ring (bicyclic) bond motifs is 3. The first kappa shape index (κ1) is 15.9. The fraction of sp³-hybridized carbons (Fsp3) is 0.333. The van der Waals surface area contributed by atoms with E-state index in [2.05, 4.69) is 22.2 Å². The van der Waals surface area contributed by atoms with Crippen LogP contribution >= 0.6 is 0 Å². The van der Waals surface area contributed by atoms with Gasteiger partial charge in [0, 0.05) is 34.6 Å². The topological polar surface area (TPSA) is 57.8 Å². The number of hydrogen-bond acceptors (Lipinski definition) is 2. The van der Waals surface area contributed by atoms with Crippen molar-refractivity contribution in [1.29, 1.82) is 0 Å². The van der Waals surface area contributed by atoms with Crippen molar-refractivity contribution in [2.24, 2.45) is 5.92 Å². The predicted molar refractivity (Wildman–Crippen MR) is 99.6 cm³/mol. The molecule has 0 saturated carbocycles. The molecule has 0 saturated heterocycles. The lowest BCUT2D eigenvalue weighted by atomic mass is 9.87. The molecule has 128 valence electrons. The van der Waals surface area contributed by atoms with Crippen LogP contribution < -0.4 is 5.32 Å². The van der Waals surface area contributed by atoms with Gasteiger partial charge in [-0.15, -0.1) is 0 Å². The Hall–Kier alpha value is -2.62. The Balaban J connectivity index is 1.61. The van der Waals surface area contributed by atoms with Gasteiger partial charge in [-0.3, -0.25) is 9.78 Å². The minimum absolute atomic E-state index is 0.0370. The Morgan fingerprint density at radius 1 is 1.28 bits per heavy atom. The Labute approximate surface area is 147 Å². The first-order valence-electron chi connectivity index (χ1n) is 8.96. The fourth-order valence-electron chi connectivity index (χ4n) is 3.75. The summed E-state index contributed by atoms with van der Waals surface area (Å²) >= 11 is 0. The Morgan fingerprint density at radius 3 is 2.88 bits per heavy atom. The van der Waals surface area contributed by atoms with Gasteiger partial charge < -0.3 is 10.3 Å². The second-order valence-electron chi connectivity index (χ2n) is 7.17. The van der Waals surface area contributed by atoms with Gasteiger partial charge in [0.05, 0.1) is 6.04 Å². The number of pyridine rings is 1. The van der Waals surface area contributed by atoms with E-state index in [0.29, 0.717) is 11.5 Å². The molecule has 1 aliphatic rings. The molecule has 1 amide bonds. The van der Waals surface area contributed by atoms with Crippen molar-refractivity contribution >= 4 is 16.8 Å². The number of carbonyl (C=O) groups excluding carboxylic acids is 1. The number of nitrogens with one attached hydrogen (secondary N) is 2. The van der Waals surface area contributed by atoms with Crippen LogP contribution in [0.2, 0.25) is 0 Å². The Morgan fingerprint density at radius 2 is 2.08 bits per heavy atom. The standard InChI is InChI=1S/C21H23N3O/c1-13-3-5-19-17(11-13)18-12-16(4-6-20(18)24-19)21(25)23-14(2)15-7-9-22-10-8-15/h4,6-10,12-14,24H,3,5,11H2,1-2H3,(H,23,25)/t13-,14-/m0/s1. The molecule has 0 fully saturated rings. The number of benzene rings is 1. The van der Waals surface area contributed by atoms with Gasteiger partial charge in [-0.1, -0.05) is 6.92 Å². The molecule has 0 bridgehead atoms. The maximum atomic E-state index is 12.7. The number of hydrogen-bond donors (Lipinski definition) is 2. The largest absolute Gasteiger partial charge is 0.358 e. The van der Waals surface area contributed by atoms with Crippen molar-refractivity contribution in [1.82, 2.24) is 15.3 Å². The van der Waals surface area contributed by atoms with Gasteiger partial charge in [0.15, 0.2) is 0 Å². The highest BCUT2D eigenvalue weighted by atomic mass is 16.1. The third kappa shape index (κ3) is 3.04. The highest BCUT2D eigenvalue weighted by Crippen LogP contribution is 2.32. The monoisotopic (exact) mass is 333 g/mol. The predicted octanol–water partition coefficient (Wildman–Crippen LogP) is 4.18. The van der Waals surface area contributed by atoms with Gasteiger partial charge in [-0.05, 0) is 73.6 Å². The van der Waals surface area contributed by atoms with Crippen molar-refractivity contribution in [2.75, 3.05) is 0 Å². The smallest absolute Gasteiger partial charge is 0.251 e. The summed E-state index contributed by atoms with van der Waals surface area (Å²) in [4.78, 5) is 20.2. The molecule has 4 heteroatoms. The van der Waals surface area contributed by atoms with Crippen LogP contribution in [-0.4, -0.2) is 15.9 Å². The highest BCUT2D eigenvalue weighted by molar-refractivity contribution is 5.99. The number of nitrogens with zero attached hydrogens (tertiary/aromatic N) is 1. The molecule has 0 aliphatic heterocycles. The fourth-order valence-corrected chi connectivity index (χ4v) is 3.75. The van der Waals surface area contributed by atoms with E-state index in [9.17, 15) is 4.79 Å². The van der Waals surface area contributed by atoms with Crippen molar-refractivity contribution in [3.8, 4) is 0 Å². The third-order valence-electron chi connectivity index (χ3n) is 5.25. The number of aromatic amines is 1. The normalized spacial score (nSPS) is 17.9. The molecule has 2 N–H and O–H groups in total. The molecule has 0 radical (unpaired) electrons. The van der Waals surface area contributed by atoms with E-state index in [4.69, 9.17) is 0 Å². The number of aryl methyl sites for hydroxylation is 1. The third-order valence-corrected chi connectivity index (χ3v) is 5.25. The number of rotatable bonds is 3. The van der Waals surface area contributed by atoms with Crippen molar-refractivity contribution in [3.05, 3.63) is 65.1 Å². The quantitative estimate of drug-likeness (QED) is 0.755. The van der Waals surface area contributed by atoms with E-state index >= 15 is 0 Å². The van der Waals surface area contributed by atoms with Crippen LogP contribution in [0.1, 0.15) is 53.5 Å². The van der Waals surface area contributed by atoms with E-state index in [-0.39, 0.29) is 11.9 Å². The second kappa shape index (κ2) is 6.36. The van der Waals surface area contributed by atoms with E-state index in [1.54, 1.807) is 12.4 Å². The van der Waals surface area contributed by atoms with E-state index in [0.717, 1.165) is 23.9 Å². The molecule has 2 aromatic heterocycles. The maximum Gasteiger partial charge on any atom is 0.251 e. The molecular weight excluding hydrogens is 310 g/mol. The summed E-state index contributed by atoms with van der Waals surface area (Å²) in [6, 6.07) is 9.78. The Bertz CT molecular complexity index is 914. The van der Waals surface area contributed by atoms with Crippen LogP contribution in [0.25, 0.3) is 10.9 Å². The minimum atomic E-state index is -0.0497. The molecular formula is C21H23N3O. The first-order chi connectivity index (χ1) is 12.1. The highest BCUT2D eigenvalue weighted by Gasteiger charge is 2.21. The van der Waals surface area contributed by atoms with Gasteiger partial charge in [0.25, 0.3) is 5.91 Å². The van der Waals surface area contributed by atoms with Crippen molar-refractivity contribution in [2.45, 2.75) is 39.2 Å². The summed E-state index contributed by atoms with van der Waals surface area (Å²) in [6.45, 7) is 4.29. The van der Waals surface area contributed by atoms with E-state index < -0.39 is 0 Å².